The van der Waals surface area contributed by atoms with Crippen molar-refractivity contribution in [3.05, 3.63) is 30.3 Å². The molecule has 5 atom stereocenters. The quantitative estimate of drug-likeness (QED) is 0.182. The lowest BCUT2D eigenvalue weighted by Crippen LogP contribution is -2.32. The number of hydrogen-bond donors (Lipinski definition) is 4. The molecule has 0 aromatic heterocycles. The summed E-state index contributed by atoms with van der Waals surface area (Å²) in [4.78, 5) is 48.2. The van der Waals surface area contributed by atoms with Gasteiger partial charge in [-0.2, -0.15) is 4.31 Å². The Morgan fingerprint density at radius 3 is 2.42 bits per heavy atom. The Bertz CT molecular complexity index is 896. The number of ether oxygens (including phenoxy) is 3. The highest BCUT2D eigenvalue weighted by atomic mass is 32.5. The summed E-state index contributed by atoms with van der Waals surface area (Å²) in [5.74, 6) is -0.297. The molecule has 1 saturated heterocycles. The van der Waals surface area contributed by atoms with Crippen LogP contribution >= 0.6 is 22.4 Å². The molecule has 1 aliphatic rings. The van der Waals surface area contributed by atoms with Crippen LogP contribution in [0.2, 0.25) is 0 Å². The van der Waals surface area contributed by atoms with Crippen LogP contribution in [0, 0.1) is 0 Å². The monoisotopic (exact) mass is 518 g/mol. The van der Waals surface area contributed by atoms with Gasteiger partial charge in [0, 0.05) is 12.4 Å². The highest BCUT2D eigenvalue weighted by molar-refractivity contribution is 8.08. The Morgan fingerprint density at radius 1 is 1.16 bits per heavy atom. The van der Waals surface area contributed by atoms with Crippen LogP contribution in [0.4, 0.5) is 0 Å². The number of carbonyl (C=O) groups excluding carboxylic acids is 1. The maximum Gasteiger partial charge on any atom is 0.488 e. The van der Waals surface area contributed by atoms with E-state index in [2.05, 4.69) is 20.4 Å². The topological polar surface area (TPSA) is 188 Å². The minimum atomic E-state index is -5.45. The lowest BCUT2D eigenvalue weighted by atomic mass is 9.96. The van der Waals surface area contributed by atoms with Crippen molar-refractivity contribution in [2.45, 2.75) is 24.6 Å². The second kappa shape index (κ2) is 11.0. The molecule has 31 heavy (non-hydrogen) atoms. The smallest absolute Gasteiger partial charge is 0.482 e. The molecule has 1 heterocycles. The Balaban J connectivity index is 1.87. The number of esters is 1. The first-order valence-electron chi connectivity index (χ1n) is 8.31. The summed E-state index contributed by atoms with van der Waals surface area (Å²) in [6, 6.07) is 7.64. The van der Waals surface area contributed by atoms with E-state index < -0.39 is 59.8 Å². The van der Waals surface area contributed by atoms with Gasteiger partial charge in [-0.1, -0.05) is 18.2 Å². The fourth-order valence-electron chi connectivity index (χ4n) is 2.35. The molecule has 0 saturated carbocycles. The predicted molar refractivity (Wildman–Crippen MR) is 107 cm³/mol. The van der Waals surface area contributed by atoms with Gasteiger partial charge >= 0.3 is 28.3 Å². The van der Waals surface area contributed by atoms with Crippen molar-refractivity contribution >= 4 is 48.0 Å². The standard InChI is InChI=1S/C13H18BO13P3S/c14-12-6-10(25-13(15)8-22-9-4-2-1-3-5-9)11(24-12)7-23-30(21,31)27-29(19,20)26-28(16,17)18/h1-5,10-12H,6-8H2,(H,19,20)(H,21,31)(H2,16,17,18). The van der Waals surface area contributed by atoms with Gasteiger partial charge in [0.1, 0.15) is 25.8 Å². The molecule has 0 aliphatic carbocycles. The first-order chi connectivity index (χ1) is 14.2. The maximum atomic E-state index is 12.0. The van der Waals surface area contributed by atoms with Crippen LogP contribution in [0.25, 0.3) is 0 Å². The minimum Gasteiger partial charge on any atom is -0.482 e. The van der Waals surface area contributed by atoms with E-state index in [-0.39, 0.29) is 6.42 Å². The molecule has 172 valence electrons. The van der Waals surface area contributed by atoms with Crippen LogP contribution in [0.15, 0.2) is 30.3 Å². The van der Waals surface area contributed by atoms with Crippen molar-refractivity contribution in [2.75, 3.05) is 13.2 Å². The molecule has 0 amide bonds. The van der Waals surface area contributed by atoms with Gasteiger partial charge < -0.3 is 38.3 Å². The van der Waals surface area contributed by atoms with Crippen LogP contribution in [0.3, 0.4) is 0 Å². The zero-order chi connectivity index (χ0) is 23.3. The molecule has 1 aromatic rings. The Morgan fingerprint density at radius 2 is 1.81 bits per heavy atom. The third kappa shape index (κ3) is 10.2. The fourth-order valence-corrected chi connectivity index (χ4v) is 6.32. The second-order valence-corrected chi connectivity index (χ2v) is 11.8. The van der Waals surface area contributed by atoms with Crippen molar-refractivity contribution in [2.24, 2.45) is 0 Å². The summed E-state index contributed by atoms with van der Waals surface area (Å²) in [5, 5.41) is 0. The summed E-state index contributed by atoms with van der Waals surface area (Å²) in [6.07, 6.45) is -1.89. The van der Waals surface area contributed by atoms with Gasteiger partial charge in [-0.15, -0.1) is 0 Å². The highest BCUT2D eigenvalue weighted by Gasteiger charge is 2.41. The predicted octanol–water partition coefficient (Wildman–Crippen LogP) is 0.720. The molecule has 2 rings (SSSR count). The van der Waals surface area contributed by atoms with Crippen molar-refractivity contribution < 1.29 is 60.9 Å². The second-order valence-electron chi connectivity index (χ2n) is 5.97. The maximum absolute atomic E-state index is 12.0. The van der Waals surface area contributed by atoms with E-state index >= 15 is 0 Å². The molecule has 1 aromatic carbocycles. The first-order valence-corrected chi connectivity index (χ1v) is 13.9. The fraction of sp³-hybridized carbons (Fsp3) is 0.462. The van der Waals surface area contributed by atoms with Crippen LogP contribution < -0.4 is 4.74 Å². The average Bonchev–Trinajstić information content (AvgIpc) is 2.95. The molecular weight excluding hydrogens is 500 g/mol. The normalized spacial score (nSPS) is 25.4. The van der Waals surface area contributed by atoms with Gasteiger partial charge in [-0.3, -0.25) is 0 Å². The summed E-state index contributed by atoms with van der Waals surface area (Å²) >= 11 is 4.51. The SMILES string of the molecule is [B]C1CC(OC(=O)COc2ccccc2)C(COP(O)(=S)OP(=O)(O)OP(=O)(O)O)O1. The van der Waals surface area contributed by atoms with E-state index in [0.717, 1.165) is 0 Å². The number of rotatable bonds is 11. The number of carbonyl (C=O) groups is 1. The van der Waals surface area contributed by atoms with E-state index in [0.29, 0.717) is 5.75 Å². The third-order valence-corrected chi connectivity index (χ3v) is 8.15. The van der Waals surface area contributed by atoms with E-state index in [1.165, 1.54) is 0 Å². The summed E-state index contributed by atoms with van der Waals surface area (Å²) in [7, 11) is -5.20. The summed E-state index contributed by atoms with van der Waals surface area (Å²) in [6.45, 7) is -5.51. The number of hydrogen-bond acceptors (Lipinski definition) is 10. The lowest BCUT2D eigenvalue weighted by Gasteiger charge is -2.23. The van der Waals surface area contributed by atoms with Crippen molar-refractivity contribution in [1.29, 1.82) is 0 Å². The average molecular weight is 518 g/mol. The molecule has 0 spiro atoms. The van der Waals surface area contributed by atoms with Crippen molar-refractivity contribution in [3.8, 4) is 5.75 Å². The molecule has 5 unspecified atom stereocenters. The van der Waals surface area contributed by atoms with E-state index in [1.54, 1.807) is 30.3 Å². The zero-order valence-electron chi connectivity index (χ0n) is 15.5. The molecule has 13 nitrogen and oxygen atoms in total. The van der Waals surface area contributed by atoms with Gasteiger partial charge in [0.25, 0.3) is 0 Å². The molecule has 1 fully saturated rings. The van der Waals surface area contributed by atoms with Crippen molar-refractivity contribution in [1.82, 2.24) is 0 Å². The van der Waals surface area contributed by atoms with Crippen molar-refractivity contribution in [3.63, 3.8) is 0 Å². The highest BCUT2D eigenvalue weighted by Crippen LogP contribution is 2.66. The Labute approximate surface area is 183 Å². The Hall–Kier alpha value is -0.655. The molecular formula is C13H18BO13P3S. The summed E-state index contributed by atoms with van der Waals surface area (Å²) < 4.78 is 50.4. The van der Waals surface area contributed by atoms with Gasteiger partial charge in [0.2, 0.25) is 0 Å². The number of para-hydroxylation sites is 1. The van der Waals surface area contributed by atoms with Crippen LogP contribution in [0.1, 0.15) is 6.42 Å². The van der Waals surface area contributed by atoms with Crippen LogP contribution in [-0.4, -0.2) is 64.8 Å². The van der Waals surface area contributed by atoms with Gasteiger partial charge in [0.05, 0.1) is 6.61 Å². The third-order valence-electron chi connectivity index (χ3n) is 3.43. The largest absolute Gasteiger partial charge is 0.488 e. The van der Waals surface area contributed by atoms with E-state index in [4.69, 9.17) is 36.4 Å². The molecule has 18 heteroatoms. The van der Waals surface area contributed by atoms with E-state index in [1.807, 2.05) is 0 Å². The summed E-state index contributed by atoms with van der Waals surface area (Å²) in [5.41, 5.74) is 0. The van der Waals surface area contributed by atoms with E-state index in [9.17, 15) is 23.7 Å². The van der Waals surface area contributed by atoms with Gasteiger partial charge in [-0.25, -0.2) is 18.2 Å². The lowest BCUT2D eigenvalue weighted by molar-refractivity contribution is -0.154. The molecule has 0 bridgehead atoms. The molecule has 1 aliphatic heterocycles. The van der Waals surface area contributed by atoms with Gasteiger partial charge in [0.15, 0.2) is 6.61 Å². The van der Waals surface area contributed by atoms with Crippen LogP contribution in [0.5, 0.6) is 5.75 Å². The van der Waals surface area contributed by atoms with Gasteiger partial charge in [-0.05, 0) is 23.9 Å². The Kier molecular flexibility index (Phi) is 9.42. The first kappa shape index (κ1) is 26.6. The minimum absolute atomic E-state index is 0.0695. The zero-order valence-corrected chi connectivity index (χ0v) is 19.0. The molecule has 4 N–H and O–H groups in total. The van der Waals surface area contributed by atoms with Crippen LogP contribution in [-0.2, 0) is 48.4 Å². The number of benzene rings is 1. The number of phosphoric acid groups is 2. The molecule has 2 radical (unpaired) electrons.